The minimum Gasteiger partial charge on any atom is -0.444 e. The van der Waals surface area contributed by atoms with Crippen LogP contribution >= 0.6 is 0 Å². The highest BCUT2D eigenvalue weighted by molar-refractivity contribution is 6.05. The van der Waals surface area contributed by atoms with Crippen molar-refractivity contribution in [2.75, 3.05) is 34.8 Å². The Morgan fingerprint density at radius 3 is 2.85 bits per heavy atom. The number of carbonyl (C=O) groups is 1. The fourth-order valence-electron chi connectivity index (χ4n) is 5.51. The summed E-state index contributed by atoms with van der Waals surface area (Å²) in [6, 6.07) is 15.3. The van der Waals surface area contributed by atoms with Crippen LogP contribution in [0.1, 0.15) is 30.9 Å². The largest absolute Gasteiger partial charge is 0.444 e. The van der Waals surface area contributed by atoms with Gasteiger partial charge in [0.2, 0.25) is 0 Å². The van der Waals surface area contributed by atoms with Gasteiger partial charge in [-0.15, -0.1) is 0 Å². The molecule has 2 amide bonds. The Labute approximate surface area is 230 Å². The van der Waals surface area contributed by atoms with Gasteiger partial charge in [-0.3, -0.25) is 4.90 Å². The Kier molecular flexibility index (Phi) is 6.71. The van der Waals surface area contributed by atoms with Gasteiger partial charge in [-0.1, -0.05) is 24.3 Å². The van der Waals surface area contributed by atoms with Crippen LogP contribution in [0, 0.1) is 0 Å². The second-order valence-electron chi connectivity index (χ2n) is 10.3. The first-order valence-corrected chi connectivity index (χ1v) is 13.4. The zero-order valence-electron chi connectivity index (χ0n) is 22.1. The molecule has 0 spiro atoms. The summed E-state index contributed by atoms with van der Waals surface area (Å²) in [6.45, 7) is 2.97. The molecule has 206 valence electrons. The van der Waals surface area contributed by atoms with Crippen LogP contribution < -0.4 is 20.9 Å². The number of amides is 2. The summed E-state index contributed by atoms with van der Waals surface area (Å²) >= 11 is 0. The van der Waals surface area contributed by atoms with E-state index in [1.54, 1.807) is 23.2 Å². The molecule has 2 aromatic heterocycles. The summed E-state index contributed by atoms with van der Waals surface area (Å²) in [4.78, 5) is 26.6. The number of carbonyl (C=O) groups excluding carboxylic acids is 1. The summed E-state index contributed by atoms with van der Waals surface area (Å²) in [5.41, 5.74) is 10.1. The van der Waals surface area contributed by atoms with Gasteiger partial charge in [0.15, 0.2) is 18.0 Å². The van der Waals surface area contributed by atoms with Crippen LogP contribution in [0.5, 0.6) is 0 Å². The normalized spacial score (nSPS) is 16.2. The van der Waals surface area contributed by atoms with Gasteiger partial charge < -0.3 is 20.4 Å². The number of oxazole rings is 1. The molecule has 2 aliphatic rings. The molecule has 2 aromatic carbocycles. The maximum atomic E-state index is 14.0. The van der Waals surface area contributed by atoms with E-state index in [2.05, 4.69) is 15.2 Å². The topological polar surface area (TPSA) is 101 Å². The lowest BCUT2D eigenvalue weighted by Crippen LogP contribution is -2.48. The maximum Gasteiger partial charge on any atom is 0.327 e. The molecule has 2 bridgehead atoms. The maximum absolute atomic E-state index is 14.0. The molecule has 1 saturated heterocycles. The summed E-state index contributed by atoms with van der Waals surface area (Å²) in [7, 11) is 0. The lowest BCUT2D eigenvalue weighted by molar-refractivity contribution is 0.0175. The van der Waals surface area contributed by atoms with Crippen molar-refractivity contribution in [1.29, 1.82) is 0 Å². The van der Waals surface area contributed by atoms with Crippen molar-refractivity contribution < 1.29 is 18.0 Å². The number of nitrogens with two attached hydrogens (primary N) is 1. The first-order valence-electron chi connectivity index (χ1n) is 13.4. The highest BCUT2D eigenvalue weighted by Crippen LogP contribution is 2.41. The highest BCUT2D eigenvalue weighted by Gasteiger charge is 2.40. The van der Waals surface area contributed by atoms with Crippen molar-refractivity contribution in [2.24, 2.45) is 5.73 Å². The SMILES string of the molecule is CC(F)(F)c1cccc(-c2ccc3c(n2)N(C(=O)Nc2ccc(CCCN)c(-c4cnco4)c2)[C@H]2CCN3C2)c1. The standard InChI is InChI=1S/C30H30F2N6O2/c1-30(31,32)21-6-2-4-20(14-21)25-9-10-26-28(36-25)38(23-11-13-37(26)17-23)29(39)35-22-8-7-19(5-3-12-33)24(15-22)27-16-34-18-40-27/h2,4,6-10,14-16,18,23H,3,5,11-13,17,33H2,1H3,(H,35,39)/t23-/m0/s1. The number of urea groups is 1. The van der Waals surface area contributed by atoms with E-state index in [-0.39, 0.29) is 17.6 Å². The molecule has 8 nitrogen and oxygen atoms in total. The van der Waals surface area contributed by atoms with Gasteiger partial charge in [0.05, 0.1) is 23.6 Å². The molecule has 1 fully saturated rings. The van der Waals surface area contributed by atoms with Gasteiger partial charge in [0.1, 0.15) is 0 Å². The van der Waals surface area contributed by atoms with Crippen LogP contribution in [0.2, 0.25) is 0 Å². The minimum atomic E-state index is -2.97. The summed E-state index contributed by atoms with van der Waals surface area (Å²) in [5.74, 6) is -1.83. The van der Waals surface area contributed by atoms with Gasteiger partial charge in [-0.05, 0) is 61.7 Å². The second-order valence-corrected chi connectivity index (χ2v) is 10.3. The van der Waals surface area contributed by atoms with E-state index in [4.69, 9.17) is 15.1 Å². The number of hydrogen-bond acceptors (Lipinski definition) is 6. The molecule has 1 atom stereocenters. The molecule has 0 radical (unpaired) electrons. The number of pyridine rings is 1. The molecular formula is C30H30F2N6O2. The molecule has 40 heavy (non-hydrogen) atoms. The predicted octanol–water partition coefficient (Wildman–Crippen LogP) is 6.04. The third-order valence-corrected chi connectivity index (χ3v) is 7.55. The van der Waals surface area contributed by atoms with E-state index in [0.29, 0.717) is 41.6 Å². The summed E-state index contributed by atoms with van der Waals surface area (Å²) < 4.78 is 33.6. The minimum absolute atomic E-state index is 0.0564. The van der Waals surface area contributed by atoms with Crippen LogP contribution in [-0.2, 0) is 12.3 Å². The van der Waals surface area contributed by atoms with Crippen LogP contribution in [0.25, 0.3) is 22.6 Å². The molecule has 0 saturated carbocycles. The lowest BCUT2D eigenvalue weighted by atomic mass is 10.0. The molecular weight excluding hydrogens is 514 g/mol. The monoisotopic (exact) mass is 544 g/mol. The van der Waals surface area contributed by atoms with E-state index in [1.807, 2.05) is 30.3 Å². The number of nitrogens with one attached hydrogen (secondary N) is 1. The number of anilines is 3. The van der Waals surface area contributed by atoms with Crippen molar-refractivity contribution >= 4 is 23.2 Å². The van der Waals surface area contributed by atoms with Crippen molar-refractivity contribution in [3.63, 3.8) is 0 Å². The van der Waals surface area contributed by atoms with Crippen LogP contribution in [-0.4, -0.2) is 41.7 Å². The Balaban J connectivity index is 1.33. The van der Waals surface area contributed by atoms with Crippen LogP contribution in [0.4, 0.5) is 30.8 Å². The zero-order chi connectivity index (χ0) is 27.9. The molecule has 3 N–H and O–H groups in total. The molecule has 0 unspecified atom stereocenters. The number of rotatable bonds is 7. The number of aromatic nitrogens is 2. The second kappa shape index (κ2) is 10.3. The molecule has 10 heteroatoms. The van der Waals surface area contributed by atoms with Crippen molar-refractivity contribution in [2.45, 2.75) is 38.2 Å². The highest BCUT2D eigenvalue weighted by atomic mass is 19.3. The Morgan fingerprint density at radius 2 is 2.08 bits per heavy atom. The molecule has 4 aromatic rings. The summed E-state index contributed by atoms with van der Waals surface area (Å²) in [6.07, 6.45) is 5.43. The number of alkyl halides is 2. The zero-order valence-corrected chi connectivity index (χ0v) is 22.1. The average molecular weight is 545 g/mol. The van der Waals surface area contributed by atoms with E-state index >= 15 is 0 Å². The van der Waals surface area contributed by atoms with E-state index in [1.165, 1.54) is 18.5 Å². The number of halogens is 2. The van der Waals surface area contributed by atoms with Crippen molar-refractivity contribution in [3.05, 3.63) is 78.3 Å². The molecule has 0 aliphatic carbocycles. The number of benzene rings is 2. The van der Waals surface area contributed by atoms with Crippen LogP contribution in [0.15, 0.2) is 71.6 Å². The fraction of sp³-hybridized carbons (Fsp3) is 0.300. The van der Waals surface area contributed by atoms with Gasteiger partial charge in [-0.2, -0.15) is 0 Å². The van der Waals surface area contributed by atoms with Gasteiger partial charge in [0.25, 0.3) is 5.92 Å². The first kappa shape index (κ1) is 25.9. The van der Waals surface area contributed by atoms with E-state index in [9.17, 15) is 13.6 Å². The fourth-order valence-corrected chi connectivity index (χ4v) is 5.51. The van der Waals surface area contributed by atoms with Crippen molar-refractivity contribution in [1.82, 2.24) is 9.97 Å². The third-order valence-electron chi connectivity index (χ3n) is 7.55. The summed E-state index contributed by atoms with van der Waals surface area (Å²) in [5, 5.41) is 3.05. The van der Waals surface area contributed by atoms with Crippen molar-refractivity contribution in [3.8, 4) is 22.6 Å². The number of aryl methyl sites for hydroxylation is 1. The quantitative estimate of drug-likeness (QED) is 0.294. The average Bonchev–Trinajstić information content (AvgIpc) is 3.63. The molecule has 6 rings (SSSR count). The lowest BCUT2D eigenvalue weighted by Gasteiger charge is -2.36. The van der Waals surface area contributed by atoms with Crippen LogP contribution in [0.3, 0.4) is 0 Å². The third kappa shape index (κ3) is 4.90. The Morgan fingerprint density at radius 1 is 1.20 bits per heavy atom. The predicted molar refractivity (Wildman–Crippen MR) is 151 cm³/mol. The number of nitrogens with zero attached hydrogens (tertiary/aromatic N) is 4. The Hall–Kier alpha value is -4.31. The smallest absolute Gasteiger partial charge is 0.327 e. The first-order chi connectivity index (χ1) is 19.3. The van der Waals surface area contributed by atoms with E-state index < -0.39 is 5.92 Å². The van der Waals surface area contributed by atoms with Gasteiger partial charge >= 0.3 is 6.03 Å². The van der Waals surface area contributed by atoms with Gasteiger partial charge in [-0.25, -0.2) is 23.5 Å². The molecule has 2 aliphatic heterocycles. The number of hydrogen-bond donors (Lipinski definition) is 2. The Bertz CT molecular complexity index is 1540. The molecule has 4 heterocycles. The van der Waals surface area contributed by atoms with E-state index in [0.717, 1.165) is 49.5 Å². The number of fused-ring (bicyclic) bond motifs is 4. The van der Waals surface area contributed by atoms with Gasteiger partial charge in [0, 0.05) is 42.4 Å².